The van der Waals surface area contributed by atoms with Gasteiger partial charge < -0.3 is 15.2 Å². The lowest BCUT2D eigenvalue weighted by Crippen LogP contribution is -2.23. The van der Waals surface area contributed by atoms with E-state index in [0.29, 0.717) is 18.7 Å². The van der Waals surface area contributed by atoms with Gasteiger partial charge in [-0.1, -0.05) is 0 Å². The Morgan fingerprint density at radius 3 is 2.78 bits per heavy atom. The Morgan fingerprint density at radius 1 is 1.50 bits per heavy atom. The van der Waals surface area contributed by atoms with Crippen molar-refractivity contribution in [2.45, 2.75) is 19.4 Å². The molecule has 0 spiro atoms. The van der Waals surface area contributed by atoms with Crippen molar-refractivity contribution in [1.29, 1.82) is 0 Å². The number of carboxylic acid groups (broad SMARTS) is 1. The second-order valence-electron chi connectivity index (χ2n) is 4.30. The van der Waals surface area contributed by atoms with Gasteiger partial charge >= 0.3 is 5.97 Å². The highest BCUT2D eigenvalue weighted by molar-refractivity contribution is 5.93. The van der Waals surface area contributed by atoms with Crippen molar-refractivity contribution in [2.75, 3.05) is 11.9 Å². The summed E-state index contributed by atoms with van der Waals surface area (Å²) in [6.07, 6.45) is 2.14. The Morgan fingerprint density at radius 2 is 2.28 bits per heavy atom. The molecule has 2 heterocycles. The van der Waals surface area contributed by atoms with Crippen LogP contribution in [0.25, 0.3) is 0 Å². The van der Waals surface area contributed by atoms with Gasteiger partial charge in [-0.05, 0) is 25.5 Å². The van der Waals surface area contributed by atoms with Crippen molar-refractivity contribution in [3.8, 4) is 0 Å². The van der Waals surface area contributed by atoms with Crippen LogP contribution in [0.3, 0.4) is 0 Å². The first kappa shape index (κ1) is 12.5. The number of carbonyl (C=O) groups is 2. The van der Waals surface area contributed by atoms with E-state index in [9.17, 15) is 9.59 Å². The third-order valence-electron chi connectivity index (χ3n) is 2.82. The molecule has 0 saturated carbocycles. The standard InChI is InChI=1S/C12H14N2O4/c1-7-4-8(6-18-7)11(15)14-9-2-3-10(12(16)17)13-5-9/h2-3,5,7-8H,4,6H2,1H3,(H,14,15)(H,16,17). The fourth-order valence-corrected chi connectivity index (χ4v) is 1.84. The number of aromatic nitrogens is 1. The smallest absolute Gasteiger partial charge is 0.354 e. The zero-order valence-corrected chi connectivity index (χ0v) is 9.92. The van der Waals surface area contributed by atoms with Gasteiger partial charge in [0.1, 0.15) is 5.69 Å². The van der Waals surface area contributed by atoms with Gasteiger partial charge in [0, 0.05) is 0 Å². The summed E-state index contributed by atoms with van der Waals surface area (Å²) in [4.78, 5) is 26.2. The Labute approximate surface area is 104 Å². The Kier molecular flexibility index (Phi) is 3.57. The second kappa shape index (κ2) is 5.14. The molecule has 96 valence electrons. The molecule has 1 saturated heterocycles. The van der Waals surface area contributed by atoms with Crippen LogP contribution >= 0.6 is 0 Å². The van der Waals surface area contributed by atoms with Gasteiger partial charge in [-0.3, -0.25) is 4.79 Å². The summed E-state index contributed by atoms with van der Waals surface area (Å²) in [5.74, 6) is -1.37. The van der Waals surface area contributed by atoms with Crippen LogP contribution in [0, 0.1) is 5.92 Å². The van der Waals surface area contributed by atoms with E-state index in [0.717, 1.165) is 0 Å². The Hall–Kier alpha value is -1.95. The molecule has 1 aliphatic rings. The minimum absolute atomic E-state index is 0.0502. The number of nitrogens with zero attached hydrogens (tertiary/aromatic N) is 1. The van der Waals surface area contributed by atoms with Gasteiger partial charge in [-0.15, -0.1) is 0 Å². The third kappa shape index (κ3) is 2.84. The first-order valence-corrected chi connectivity index (χ1v) is 5.68. The summed E-state index contributed by atoms with van der Waals surface area (Å²) in [5.41, 5.74) is 0.440. The van der Waals surface area contributed by atoms with Crippen LogP contribution < -0.4 is 5.32 Å². The molecule has 0 aromatic carbocycles. The lowest BCUT2D eigenvalue weighted by molar-refractivity contribution is -0.119. The number of amides is 1. The average Bonchev–Trinajstić information content (AvgIpc) is 2.76. The van der Waals surface area contributed by atoms with E-state index in [1.165, 1.54) is 18.3 Å². The average molecular weight is 250 g/mol. The summed E-state index contributed by atoms with van der Waals surface area (Å²) >= 11 is 0. The molecule has 2 unspecified atom stereocenters. The molecular formula is C12H14N2O4. The molecule has 2 N–H and O–H groups in total. The van der Waals surface area contributed by atoms with Crippen LogP contribution in [0.1, 0.15) is 23.8 Å². The van der Waals surface area contributed by atoms with Gasteiger partial charge in [-0.25, -0.2) is 9.78 Å². The van der Waals surface area contributed by atoms with Gasteiger partial charge in [0.25, 0.3) is 0 Å². The van der Waals surface area contributed by atoms with Crippen LogP contribution in [0.15, 0.2) is 18.3 Å². The number of pyridine rings is 1. The van der Waals surface area contributed by atoms with E-state index < -0.39 is 5.97 Å². The molecule has 6 heteroatoms. The SMILES string of the molecule is CC1CC(C(=O)Nc2ccc(C(=O)O)nc2)CO1. The maximum Gasteiger partial charge on any atom is 0.354 e. The minimum atomic E-state index is -1.09. The quantitative estimate of drug-likeness (QED) is 0.839. The summed E-state index contributed by atoms with van der Waals surface area (Å²) < 4.78 is 5.32. The van der Waals surface area contributed by atoms with E-state index in [4.69, 9.17) is 9.84 Å². The van der Waals surface area contributed by atoms with Gasteiger partial charge in [-0.2, -0.15) is 0 Å². The number of carbonyl (C=O) groups excluding carboxylic acids is 1. The summed E-state index contributed by atoms with van der Waals surface area (Å²) in [5, 5.41) is 11.4. The number of hydrogen-bond acceptors (Lipinski definition) is 4. The lowest BCUT2D eigenvalue weighted by atomic mass is 10.1. The normalized spacial score (nSPS) is 22.7. The highest BCUT2D eigenvalue weighted by atomic mass is 16.5. The number of ether oxygens (including phenoxy) is 1. The molecule has 1 fully saturated rings. The molecular weight excluding hydrogens is 236 g/mol. The van der Waals surface area contributed by atoms with Crippen molar-refractivity contribution < 1.29 is 19.4 Å². The van der Waals surface area contributed by atoms with Crippen LogP contribution in [0.4, 0.5) is 5.69 Å². The summed E-state index contributed by atoms with van der Waals surface area (Å²) in [7, 11) is 0. The van der Waals surface area contributed by atoms with Gasteiger partial charge in [0.05, 0.1) is 30.5 Å². The van der Waals surface area contributed by atoms with Crippen LogP contribution in [0.5, 0.6) is 0 Å². The number of carboxylic acids is 1. The van der Waals surface area contributed by atoms with Crippen LogP contribution in [-0.4, -0.2) is 34.7 Å². The highest BCUT2D eigenvalue weighted by Gasteiger charge is 2.28. The van der Waals surface area contributed by atoms with Crippen LogP contribution in [-0.2, 0) is 9.53 Å². The molecule has 6 nitrogen and oxygen atoms in total. The van der Waals surface area contributed by atoms with Crippen LogP contribution in [0.2, 0.25) is 0 Å². The monoisotopic (exact) mass is 250 g/mol. The van der Waals surface area contributed by atoms with Crippen molar-refractivity contribution in [1.82, 2.24) is 4.98 Å². The third-order valence-corrected chi connectivity index (χ3v) is 2.82. The van der Waals surface area contributed by atoms with Gasteiger partial charge in [0.2, 0.25) is 5.91 Å². The molecule has 0 bridgehead atoms. The highest BCUT2D eigenvalue weighted by Crippen LogP contribution is 2.20. The minimum Gasteiger partial charge on any atom is -0.477 e. The number of aromatic carboxylic acids is 1. The maximum absolute atomic E-state index is 11.8. The van der Waals surface area contributed by atoms with Crippen molar-refractivity contribution in [2.24, 2.45) is 5.92 Å². The largest absolute Gasteiger partial charge is 0.477 e. The molecule has 18 heavy (non-hydrogen) atoms. The molecule has 1 amide bonds. The molecule has 1 aliphatic heterocycles. The first-order valence-electron chi connectivity index (χ1n) is 5.68. The zero-order valence-electron chi connectivity index (χ0n) is 9.92. The molecule has 1 aromatic rings. The van der Waals surface area contributed by atoms with E-state index in [1.807, 2.05) is 6.92 Å². The summed E-state index contributed by atoms with van der Waals surface area (Å²) in [6.45, 7) is 2.35. The Bertz CT molecular complexity index is 458. The van der Waals surface area contributed by atoms with E-state index >= 15 is 0 Å². The van der Waals surface area contributed by atoms with Crippen molar-refractivity contribution in [3.05, 3.63) is 24.0 Å². The Balaban J connectivity index is 1.97. The number of nitrogens with one attached hydrogen (secondary N) is 1. The fraction of sp³-hybridized carbons (Fsp3) is 0.417. The predicted molar refractivity (Wildman–Crippen MR) is 63.3 cm³/mol. The topological polar surface area (TPSA) is 88.5 Å². The van der Waals surface area contributed by atoms with E-state index in [1.54, 1.807) is 0 Å². The second-order valence-corrected chi connectivity index (χ2v) is 4.30. The van der Waals surface area contributed by atoms with Crippen molar-refractivity contribution in [3.63, 3.8) is 0 Å². The molecule has 1 aromatic heterocycles. The number of rotatable bonds is 3. The lowest BCUT2D eigenvalue weighted by Gasteiger charge is -2.09. The molecule has 2 atom stereocenters. The van der Waals surface area contributed by atoms with Gasteiger partial charge in [0.15, 0.2) is 0 Å². The zero-order chi connectivity index (χ0) is 13.1. The fourth-order valence-electron chi connectivity index (χ4n) is 1.84. The van der Waals surface area contributed by atoms with E-state index in [-0.39, 0.29) is 23.6 Å². The summed E-state index contributed by atoms with van der Waals surface area (Å²) in [6, 6.07) is 2.87. The number of anilines is 1. The molecule has 0 aliphatic carbocycles. The predicted octanol–water partition coefficient (Wildman–Crippen LogP) is 1.14. The maximum atomic E-state index is 11.8. The van der Waals surface area contributed by atoms with Crippen molar-refractivity contribution >= 4 is 17.6 Å². The number of hydrogen-bond donors (Lipinski definition) is 2. The molecule has 2 rings (SSSR count). The molecule has 0 radical (unpaired) electrons. The first-order chi connectivity index (χ1) is 8.56. The van der Waals surface area contributed by atoms with E-state index in [2.05, 4.69) is 10.3 Å².